The van der Waals surface area contributed by atoms with Crippen LogP contribution in [0.4, 0.5) is 0 Å². The molecule has 0 spiro atoms. The highest BCUT2D eigenvalue weighted by molar-refractivity contribution is 8.15. The van der Waals surface area contributed by atoms with Gasteiger partial charge in [-0.3, -0.25) is 4.79 Å². The molecule has 1 aromatic rings. The smallest absolute Gasteiger partial charge is 0.239 e. The highest BCUT2D eigenvalue weighted by Crippen LogP contribution is 2.18. The number of nitrogens with zero attached hydrogens (tertiary/aromatic N) is 2. The highest BCUT2D eigenvalue weighted by Gasteiger charge is 2.25. The summed E-state index contributed by atoms with van der Waals surface area (Å²) in [5.41, 5.74) is 0.919. The zero-order valence-electron chi connectivity index (χ0n) is 10.1. The molecule has 1 heterocycles. The van der Waals surface area contributed by atoms with Gasteiger partial charge < -0.3 is 10.1 Å². The number of hydrogen-bond acceptors (Lipinski definition) is 5. The maximum atomic E-state index is 11.2. The molecule has 5 nitrogen and oxygen atoms in total. The van der Waals surface area contributed by atoms with Gasteiger partial charge in [-0.25, -0.2) is 0 Å². The van der Waals surface area contributed by atoms with E-state index in [9.17, 15) is 4.79 Å². The van der Waals surface area contributed by atoms with Gasteiger partial charge in [0.25, 0.3) is 0 Å². The Morgan fingerprint density at radius 2 is 2.11 bits per heavy atom. The number of amidine groups is 1. The number of ether oxygens (including phenoxy) is 1. The van der Waals surface area contributed by atoms with Crippen molar-refractivity contribution in [3.63, 3.8) is 0 Å². The Balaban J connectivity index is 1.99. The lowest BCUT2D eigenvalue weighted by Gasteiger charge is -1.98. The summed E-state index contributed by atoms with van der Waals surface area (Å²) in [4.78, 5) is 11.2. The second-order valence-corrected chi connectivity index (χ2v) is 5.00. The van der Waals surface area contributed by atoms with E-state index >= 15 is 0 Å². The van der Waals surface area contributed by atoms with E-state index in [4.69, 9.17) is 4.74 Å². The summed E-state index contributed by atoms with van der Waals surface area (Å²) in [7, 11) is 1.62. The number of carbonyl (C=O) groups excluding carboxylic acids is 1. The number of carbonyl (C=O) groups is 1. The van der Waals surface area contributed by atoms with Crippen LogP contribution in [0.5, 0.6) is 5.75 Å². The molecular formula is C12H13N3O2S. The van der Waals surface area contributed by atoms with Gasteiger partial charge in [0.05, 0.1) is 18.6 Å². The molecule has 1 aliphatic heterocycles. The third-order valence-corrected chi connectivity index (χ3v) is 3.33. The molecule has 18 heavy (non-hydrogen) atoms. The van der Waals surface area contributed by atoms with Gasteiger partial charge in [0.1, 0.15) is 5.75 Å². The Labute approximate surface area is 109 Å². The molecule has 1 saturated heterocycles. The number of methoxy groups -OCH3 is 1. The summed E-state index contributed by atoms with van der Waals surface area (Å²) < 4.78 is 5.06. The summed E-state index contributed by atoms with van der Waals surface area (Å²) in [6.45, 7) is 1.83. The monoisotopic (exact) mass is 263 g/mol. The lowest BCUT2D eigenvalue weighted by molar-refractivity contribution is -0.118. The van der Waals surface area contributed by atoms with E-state index in [-0.39, 0.29) is 11.2 Å². The van der Waals surface area contributed by atoms with Crippen LogP contribution in [0.25, 0.3) is 0 Å². The van der Waals surface area contributed by atoms with Crippen LogP contribution in [0.3, 0.4) is 0 Å². The summed E-state index contributed by atoms with van der Waals surface area (Å²) in [5, 5.41) is 11.0. The molecule has 0 aromatic heterocycles. The molecule has 1 atom stereocenters. The van der Waals surface area contributed by atoms with Crippen LogP contribution in [0.15, 0.2) is 34.5 Å². The summed E-state index contributed by atoms with van der Waals surface area (Å²) >= 11 is 1.37. The van der Waals surface area contributed by atoms with E-state index in [1.807, 2.05) is 31.2 Å². The van der Waals surface area contributed by atoms with E-state index in [0.29, 0.717) is 5.17 Å². The lowest BCUT2D eigenvalue weighted by Crippen LogP contribution is -2.23. The minimum absolute atomic E-state index is 0.0293. The molecule has 1 aliphatic rings. The number of thioether (sulfide) groups is 1. The number of rotatable bonds is 3. The molecule has 94 valence electrons. The van der Waals surface area contributed by atoms with Gasteiger partial charge in [-0.15, -0.1) is 5.10 Å². The van der Waals surface area contributed by atoms with Gasteiger partial charge in [-0.2, -0.15) is 5.10 Å². The van der Waals surface area contributed by atoms with Crippen molar-refractivity contribution in [2.45, 2.75) is 12.2 Å². The van der Waals surface area contributed by atoms with E-state index in [2.05, 4.69) is 15.5 Å². The molecule has 0 bridgehead atoms. The lowest BCUT2D eigenvalue weighted by atomic mass is 10.2. The standard InChI is InChI=1S/C12H13N3O2S/c1-8-11(16)14-12(18-8)15-13-7-9-3-5-10(17-2)6-4-9/h3-8H,1-2H3,(H,14,15,16)/b13-7+/t8-/m0/s1. The van der Waals surface area contributed by atoms with Crippen molar-refractivity contribution in [2.75, 3.05) is 7.11 Å². The Morgan fingerprint density at radius 1 is 1.39 bits per heavy atom. The van der Waals surface area contributed by atoms with Crippen LogP contribution in [0.2, 0.25) is 0 Å². The first-order valence-corrected chi connectivity index (χ1v) is 6.29. The molecule has 0 unspecified atom stereocenters. The first-order valence-electron chi connectivity index (χ1n) is 5.41. The molecule has 1 fully saturated rings. The van der Waals surface area contributed by atoms with Gasteiger partial charge >= 0.3 is 0 Å². The fraction of sp³-hybridized carbons (Fsp3) is 0.250. The van der Waals surface area contributed by atoms with Crippen LogP contribution in [0.1, 0.15) is 12.5 Å². The van der Waals surface area contributed by atoms with Crippen LogP contribution >= 0.6 is 11.8 Å². The van der Waals surface area contributed by atoms with Crippen LogP contribution in [-0.4, -0.2) is 29.6 Å². The fourth-order valence-corrected chi connectivity index (χ4v) is 2.10. The third kappa shape index (κ3) is 3.10. The topological polar surface area (TPSA) is 63.1 Å². The molecule has 0 saturated carbocycles. The molecule has 1 amide bonds. The number of hydrogen-bond donors (Lipinski definition) is 1. The average Bonchev–Trinajstić information content (AvgIpc) is 2.69. The predicted octanol–water partition coefficient (Wildman–Crippen LogP) is 1.64. The highest BCUT2D eigenvalue weighted by atomic mass is 32.2. The van der Waals surface area contributed by atoms with Crippen LogP contribution in [-0.2, 0) is 4.79 Å². The molecule has 1 aromatic carbocycles. The number of benzene rings is 1. The number of amides is 1. The maximum absolute atomic E-state index is 11.2. The zero-order valence-corrected chi connectivity index (χ0v) is 10.9. The largest absolute Gasteiger partial charge is 0.497 e. The molecule has 0 radical (unpaired) electrons. The van der Waals surface area contributed by atoms with Crippen molar-refractivity contribution in [3.05, 3.63) is 29.8 Å². The molecular weight excluding hydrogens is 250 g/mol. The van der Waals surface area contributed by atoms with Gasteiger partial charge in [0.2, 0.25) is 5.91 Å². The van der Waals surface area contributed by atoms with Crippen molar-refractivity contribution < 1.29 is 9.53 Å². The minimum atomic E-state index is -0.0973. The van der Waals surface area contributed by atoms with E-state index < -0.39 is 0 Å². The molecule has 2 rings (SSSR count). The fourth-order valence-electron chi connectivity index (χ4n) is 1.34. The summed E-state index contributed by atoms with van der Waals surface area (Å²) in [6.07, 6.45) is 1.63. The maximum Gasteiger partial charge on any atom is 0.239 e. The van der Waals surface area contributed by atoms with Gasteiger partial charge in [-0.1, -0.05) is 11.8 Å². The molecule has 0 aliphatic carbocycles. The van der Waals surface area contributed by atoms with Crippen LogP contribution in [0, 0.1) is 0 Å². The van der Waals surface area contributed by atoms with E-state index in [0.717, 1.165) is 11.3 Å². The van der Waals surface area contributed by atoms with Gasteiger partial charge in [0.15, 0.2) is 5.17 Å². The van der Waals surface area contributed by atoms with Crippen molar-refractivity contribution >= 4 is 29.1 Å². The minimum Gasteiger partial charge on any atom is -0.497 e. The van der Waals surface area contributed by atoms with Crippen molar-refractivity contribution in [1.82, 2.24) is 5.32 Å². The quantitative estimate of drug-likeness (QED) is 0.666. The van der Waals surface area contributed by atoms with Gasteiger partial charge in [-0.05, 0) is 36.8 Å². The number of nitrogens with one attached hydrogen (secondary N) is 1. The zero-order chi connectivity index (χ0) is 13.0. The van der Waals surface area contributed by atoms with Crippen LogP contribution < -0.4 is 10.1 Å². The SMILES string of the molecule is COc1ccc(/C=N/N=C2/NC(=O)[C@H](C)S2)cc1. The summed E-state index contributed by atoms with van der Waals surface area (Å²) in [5.74, 6) is 0.768. The normalized spacial score (nSPS) is 21.6. The first-order chi connectivity index (χ1) is 8.69. The summed E-state index contributed by atoms with van der Waals surface area (Å²) in [6, 6.07) is 7.46. The molecule has 6 heteroatoms. The van der Waals surface area contributed by atoms with E-state index in [1.165, 1.54) is 11.8 Å². The third-order valence-electron chi connectivity index (χ3n) is 2.36. The Bertz CT molecular complexity index is 497. The average molecular weight is 263 g/mol. The Kier molecular flexibility index (Phi) is 3.99. The van der Waals surface area contributed by atoms with Gasteiger partial charge in [0, 0.05) is 0 Å². The van der Waals surface area contributed by atoms with E-state index in [1.54, 1.807) is 13.3 Å². The predicted molar refractivity (Wildman–Crippen MR) is 73.2 cm³/mol. The first kappa shape index (κ1) is 12.6. The van der Waals surface area contributed by atoms with Crippen molar-refractivity contribution in [2.24, 2.45) is 10.2 Å². The van der Waals surface area contributed by atoms with Crippen molar-refractivity contribution in [3.8, 4) is 5.75 Å². The van der Waals surface area contributed by atoms with Crippen molar-refractivity contribution in [1.29, 1.82) is 0 Å². The second kappa shape index (κ2) is 5.68. The molecule has 1 N–H and O–H groups in total. The second-order valence-electron chi connectivity index (χ2n) is 3.67. The Hall–Kier alpha value is -1.82. The Morgan fingerprint density at radius 3 is 2.67 bits per heavy atom.